The normalized spacial score (nSPS) is 11.0. The fourth-order valence-electron chi connectivity index (χ4n) is 2.23. The van der Waals surface area contributed by atoms with Crippen LogP contribution in [0.3, 0.4) is 0 Å². The summed E-state index contributed by atoms with van der Waals surface area (Å²) in [5.74, 6) is 0.884. The van der Waals surface area contributed by atoms with Crippen molar-refractivity contribution in [3.63, 3.8) is 0 Å². The molecule has 0 amide bonds. The number of aryl methyl sites for hydroxylation is 2. The first kappa shape index (κ1) is 16.0. The molecular formula is C17H15ClFN3S. The van der Waals surface area contributed by atoms with Crippen LogP contribution in [0.2, 0.25) is 5.02 Å². The number of hydrogen-bond acceptors (Lipinski definition) is 3. The van der Waals surface area contributed by atoms with E-state index in [1.807, 2.05) is 42.7 Å². The standard InChI is InChI=1S/C17H15ClFN3S/c1-11-6-8-13(9-7-11)22-12(2)20-21-17(22)23-10-14-15(18)4-3-5-16(14)19/h3-9H,10H2,1-2H3. The lowest BCUT2D eigenvalue weighted by atomic mass is 10.2. The highest BCUT2D eigenvalue weighted by molar-refractivity contribution is 7.98. The minimum Gasteiger partial charge on any atom is -0.274 e. The van der Waals surface area contributed by atoms with Gasteiger partial charge < -0.3 is 0 Å². The van der Waals surface area contributed by atoms with E-state index in [9.17, 15) is 4.39 Å². The van der Waals surface area contributed by atoms with Crippen LogP contribution in [0.5, 0.6) is 0 Å². The maximum Gasteiger partial charge on any atom is 0.196 e. The lowest BCUT2D eigenvalue weighted by molar-refractivity contribution is 0.617. The van der Waals surface area contributed by atoms with Gasteiger partial charge in [0, 0.05) is 22.0 Å². The Balaban J connectivity index is 1.89. The van der Waals surface area contributed by atoms with Crippen molar-refractivity contribution < 1.29 is 4.39 Å². The largest absolute Gasteiger partial charge is 0.274 e. The molecule has 2 aromatic carbocycles. The number of rotatable bonds is 4. The van der Waals surface area contributed by atoms with Crippen LogP contribution >= 0.6 is 23.4 Å². The highest BCUT2D eigenvalue weighted by Gasteiger charge is 2.14. The molecule has 0 saturated heterocycles. The zero-order valence-electron chi connectivity index (χ0n) is 12.8. The van der Waals surface area contributed by atoms with Crippen LogP contribution in [0.25, 0.3) is 5.69 Å². The summed E-state index contributed by atoms with van der Waals surface area (Å²) in [5.41, 5.74) is 2.65. The number of hydrogen-bond donors (Lipinski definition) is 0. The highest BCUT2D eigenvalue weighted by Crippen LogP contribution is 2.29. The van der Waals surface area contributed by atoms with Crippen molar-refractivity contribution in [3.05, 3.63) is 70.3 Å². The SMILES string of the molecule is Cc1ccc(-n2c(C)nnc2SCc2c(F)cccc2Cl)cc1. The quantitative estimate of drug-likeness (QED) is 0.624. The number of nitrogens with zero attached hydrogens (tertiary/aromatic N) is 3. The minimum atomic E-state index is -0.303. The maximum absolute atomic E-state index is 13.9. The van der Waals surface area contributed by atoms with Gasteiger partial charge >= 0.3 is 0 Å². The summed E-state index contributed by atoms with van der Waals surface area (Å²) in [6, 6.07) is 12.8. The van der Waals surface area contributed by atoms with Crippen LogP contribution in [0.1, 0.15) is 17.0 Å². The van der Waals surface area contributed by atoms with Gasteiger partial charge in [0.1, 0.15) is 11.6 Å². The molecule has 3 nitrogen and oxygen atoms in total. The van der Waals surface area contributed by atoms with Gasteiger partial charge in [-0.1, -0.05) is 47.1 Å². The molecule has 1 aromatic heterocycles. The fourth-order valence-corrected chi connectivity index (χ4v) is 3.58. The Morgan fingerprint density at radius 3 is 2.52 bits per heavy atom. The van der Waals surface area contributed by atoms with E-state index in [-0.39, 0.29) is 5.82 Å². The summed E-state index contributed by atoms with van der Waals surface area (Å²) in [7, 11) is 0. The van der Waals surface area contributed by atoms with Crippen molar-refractivity contribution >= 4 is 23.4 Å². The van der Waals surface area contributed by atoms with E-state index in [0.717, 1.165) is 11.5 Å². The number of halogens is 2. The van der Waals surface area contributed by atoms with E-state index >= 15 is 0 Å². The second-order valence-electron chi connectivity index (χ2n) is 5.19. The molecule has 23 heavy (non-hydrogen) atoms. The molecule has 0 saturated carbocycles. The third-order valence-corrected chi connectivity index (χ3v) is 4.80. The smallest absolute Gasteiger partial charge is 0.196 e. The summed E-state index contributed by atoms with van der Waals surface area (Å²) < 4.78 is 15.8. The average Bonchev–Trinajstić information content (AvgIpc) is 2.89. The summed E-state index contributed by atoms with van der Waals surface area (Å²) in [6.07, 6.45) is 0. The van der Waals surface area contributed by atoms with Gasteiger partial charge in [0.15, 0.2) is 5.16 Å². The maximum atomic E-state index is 13.9. The van der Waals surface area contributed by atoms with E-state index in [1.165, 1.54) is 23.4 Å². The molecule has 0 bridgehead atoms. The van der Waals surface area contributed by atoms with Crippen LogP contribution in [-0.4, -0.2) is 14.8 Å². The summed E-state index contributed by atoms with van der Waals surface area (Å²) in [4.78, 5) is 0. The molecule has 0 spiro atoms. The Labute approximate surface area is 143 Å². The molecule has 3 aromatic rings. The summed E-state index contributed by atoms with van der Waals surface area (Å²) in [6.45, 7) is 3.94. The predicted octanol–water partition coefficient (Wildman–Crippen LogP) is 4.97. The Morgan fingerprint density at radius 2 is 1.83 bits per heavy atom. The molecule has 0 radical (unpaired) electrons. The second-order valence-corrected chi connectivity index (χ2v) is 6.54. The predicted molar refractivity (Wildman–Crippen MR) is 91.8 cm³/mol. The highest BCUT2D eigenvalue weighted by atomic mass is 35.5. The van der Waals surface area contributed by atoms with Crippen LogP contribution in [-0.2, 0) is 5.75 Å². The number of aromatic nitrogens is 3. The Kier molecular flexibility index (Phi) is 4.68. The topological polar surface area (TPSA) is 30.7 Å². The molecule has 0 aliphatic carbocycles. The van der Waals surface area contributed by atoms with Crippen molar-refractivity contribution in [2.24, 2.45) is 0 Å². The van der Waals surface area contributed by atoms with E-state index in [1.54, 1.807) is 12.1 Å². The molecule has 0 fully saturated rings. The van der Waals surface area contributed by atoms with E-state index < -0.39 is 0 Å². The lowest BCUT2D eigenvalue weighted by Crippen LogP contribution is -1.99. The molecular weight excluding hydrogens is 333 g/mol. The molecule has 0 aliphatic rings. The number of benzene rings is 2. The van der Waals surface area contributed by atoms with Gasteiger partial charge in [-0.3, -0.25) is 4.57 Å². The van der Waals surface area contributed by atoms with Crippen LogP contribution < -0.4 is 0 Å². The lowest BCUT2D eigenvalue weighted by Gasteiger charge is -2.09. The first-order valence-corrected chi connectivity index (χ1v) is 8.47. The molecule has 3 rings (SSSR count). The van der Waals surface area contributed by atoms with E-state index in [4.69, 9.17) is 11.6 Å². The van der Waals surface area contributed by atoms with Crippen molar-refractivity contribution in [3.8, 4) is 5.69 Å². The Hall–Kier alpha value is -1.85. The van der Waals surface area contributed by atoms with Crippen molar-refractivity contribution in [1.82, 2.24) is 14.8 Å². The molecule has 0 unspecified atom stereocenters. The molecule has 0 atom stereocenters. The van der Waals surface area contributed by atoms with Gasteiger partial charge in [0.25, 0.3) is 0 Å². The second kappa shape index (κ2) is 6.72. The van der Waals surface area contributed by atoms with Gasteiger partial charge in [-0.25, -0.2) is 4.39 Å². The third-order valence-electron chi connectivity index (χ3n) is 3.49. The zero-order valence-corrected chi connectivity index (χ0v) is 14.3. The zero-order chi connectivity index (χ0) is 16.4. The van der Waals surface area contributed by atoms with Gasteiger partial charge in [-0.2, -0.15) is 0 Å². The fraction of sp³-hybridized carbons (Fsp3) is 0.176. The summed E-state index contributed by atoms with van der Waals surface area (Å²) >= 11 is 7.49. The average molecular weight is 348 g/mol. The first-order valence-electron chi connectivity index (χ1n) is 7.11. The molecule has 1 heterocycles. The van der Waals surface area contributed by atoms with Gasteiger partial charge in [0.2, 0.25) is 0 Å². The molecule has 0 aliphatic heterocycles. The van der Waals surface area contributed by atoms with Crippen LogP contribution in [0, 0.1) is 19.7 Å². The van der Waals surface area contributed by atoms with Crippen LogP contribution in [0.4, 0.5) is 4.39 Å². The van der Waals surface area contributed by atoms with Crippen molar-refractivity contribution in [1.29, 1.82) is 0 Å². The van der Waals surface area contributed by atoms with Gasteiger partial charge in [0.05, 0.1) is 0 Å². The Bertz CT molecular complexity index is 810. The van der Waals surface area contributed by atoms with Crippen molar-refractivity contribution in [2.75, 3.05) is 0 Å². The van der Waals surface area contributed by atoms with Gasteiger partial charge in [-0.05, 0) is 38.1 Å². The van der Waals surface area contributed by atoms with E-state index in [0.29, 0.717) is 21.5 Å². The molecule has 118 valence electrons. The van der Waals surface area contributed by atoms with E-state index in [2.05, 4.69) is 10.2 Å². The van der Waals surface area contributed by atoms with Crippen LogP contribution in [0.15, 0.2) is 47.6 Å². The summed E-state index contributed by atoms with van der Waals surface area (Å²) in [5, 5.41) is 9.48. The third kappa shape index (κ3) is 3.41. The molecule has 6 heteroatoms. The Morgan fingerprint density at radius 1 is 1.09 bits per heavy atom. The first-order chi connectivity index (χ1) is 11.1. The van der Waals surface area contributed by atoms with Gasteiger partial charge in [-0.15, -0.1) is 10.2 Å². The number of thioether (sulfide) groups is 1. The van der Waals surface area contributed by atoms with Crippen molar-refractivity contribution in [2.45, 2.75) is 24.8 Å². The monoisotopic (exact) mass is 347 g/mol. The molecule has 0 N–H and O–H groups in total. The minimum absolute atomic E-state index is 0.303.